The number of para-hydroxylation sites is 4. The van der Waals surface area contributed by atoms with E-state index in [4.69, 9.17) is 0 Å². The van der Waals surface area contributed by atoms with E-state index < -0.39 is 0 Å². The number of fused-ring (bicyclic) bond motifs is 5. The Labute approximate surface area is 375 Å². The third kappa shape index (κ3) is 6.57. The minimum atomic E-state index is 0.575. The first kappa shape index (κ1) is 38.0. The number of aromatic nitrogens is 1. The van der Waals surface area contributed by atoms with E-state index in [1.807, 2.05) is 0 Å². The lowest BCUT2D eigenvalue weighted by Gasteiger charge is -2.30. The molecular weight excluding hydrogens is 773 g/mol. The van der Waals surface area contributed by atoms with Crippen LogP contribution in [0.5, 0.6) is 0 Å². The molecule has 1 heterocycles. The Morgan fingerprint density at radius 1 is 0.375 bits per heavy atom. The standard InChI is InChI=1S/C62H48N2/c1-3-17-46(18-4-1)53-29-14-21-48-22-15-30-56(61(48)53)54-26-9-11-32-58(54)63(60-34-16-31-57-55-27-10-12-33-59(55)64(62(57)60)49-23-5-2-6-24-49)50-41-39-44(40-42-50)43-35-37-47(38-36-43)52-28-13-20-45-19-7-8-25-51(45)52/h2,5-16,19-42,46H,1,3-4,17-18H2. The molecule has 12 rings (SSSR count). The largest absolute Gasteiger partial charge is 0.308 e. The minimum absolute atomic E-state index is 0.575. The number of hydrogen-bond acceptors (Lipinski definition) is 1. The summed E-state index contributed by atoms with van der Waals surface area (Å²) >= 11 is 0. The Morgan fingerprint density at radius 3 is 1.75 bits per heavy atom. The second kappa shape index (κ2) is 16.2. The van der Waals surface area contributed by atoms with Gasteiger partial charge in [0, 0.05) is 27.7 Å². The summed E-state index contributed by atoms with van der Waals surface area (Å²) < 4.78 is 2.46. The van der Waals surface area contributed by atoms with Crippen molar-refractivity contribution in [3.8, 4) is 39.1 Å². The van der Waals surface area contributed by atoms with Crippen molar-refractivity contribution in [1.82, 2.24) is 4.57 Å². The SMILES string of the molecule is c1ccc(-n2c3ccccc3c3cccc(N(c4ccc(-c5ccc(-c6cccc7ccccc67)cc5)cc4)c4ccccc4-c4cccc5cccc(C6CCCCC6)c45)c32)cc1. The Hall–Kier alpha value is -7.68. The molecule has 1 aromatic heterocycles. The minimum Gasteiger partial charge on any atom is -0.308 e. The monoisotopic (exact) mass is 820 g/mol. The fourth-order valence-corrected chi connectivity index (χ4v) is 10.8. The van der Waals surface area contributed by atoms with Crippen molar-refractivity contribution in [2.45, 2.75) is 38.0 Å². The zero-order valence-electron chi connectivity index (χ0n) is 35.9. The highest BCUT2D eigenvalue weighted by Gasteiger charge is 2.25. The normalized spacial score (nSPS) is 13.2. The van der Waals surface area contributed by atoms with Gasteiger partial charge in [0.25, 0.3) is 0 Å². The van der Waals surface area contributed by atoms with E-state index in [0.29, 0.717) is 5.92 Å². The summed E-state index contributed by atoms with van der Waals surface area (Å²) in [7, 11) is 0. The highest BCUT2D eigenvalue weighted by atomic mass is 15.2. The van der Waals surface area contributed by atoms with Crippen molar-refractivity contribution in [3.63, 3.8) is 0 Å². The first-order chi connectivity index (χ1) is 31.8. The molecule has 2 heteroatoms. The Morgan fingerprint density at radius 2 is 0.938 bits per heavy atom. The average molecular weight is 821 g/mol. The van der Waals surface area contributed by atoms with Crippen LogP contribution in [0, 0.1) is 0 Å². The van der Waals surface area contributed by atoms with Crippen molar-refractivity contribution in [2.75, 3.05) is 4.90 Å². The molecule has 10 aromatic carbocycles. The molecule has 0 unspecified atom stereocenters. The van der Waals surface area contributed by atoms with Gasteiger partial charge in [-0.3, -0.25) is 0 Å². The molecule has 0 amide bonds. The molecule has 306 valence electrons. The van der Waals surface area contributed by atoms with Crippen LogP contribution in [0.4, 0.5) is 17.1 Å². The van der Waals surface area contributed by atoms with Crippen molar-refractivity contribution in [3.05, 3.63) is 230 Å². The summed E-state index contributed by atoms with van der Waals surface area (Å²) in [6.45, 7) is 0. The first-order valence-corrected chi connectivity index (χ1v) is 23.0. The lowest BCUT2D eigenvalue weighted by molar-refractivity contribution is 0.445. The summed E-state index contributed by atoms with van der Waals surface area (Å²) in [6, 6.07) is 83.0. The van der Waals surface area contributed by atoms with Gasteiger partial charge in [-0.1, -0.05) is 201 Å². The van der Waals surface area contributed by atoms with E-state index in [0.717, 1.165) is 22.7 Å². The van der Waals surface area contributed by atoms with E-state index in [9.17, 15) is 0 Å². The van der Waals surface area contributed by atoms with Crippen molar-refractivity contribution in [2.24, 2.45) is 0 Å². The van der Waals surface area contributed by atoms with Crippen molar-refractivity contribution < 1.29 is 0 Å². The van der Waals surface area contributed by atoms with Crippen molar-refractivity contribution >= 4 is 60.4 Å². The van der Waals surface area contributed by atoms with Gasteiger partial charge < -0.3 is 9.47 Å². The fraction of sp³-hybridized carbons (Fsp3) is 0.0968. The van der Waals surface area contributed by atoms with Gasteiger partial charge in [0.1, 0.15) is 0 Å². The Balaban J connectivity index is 1.05. The van der Waals surface area contributed by atoms with Crippen LogP contribution in [0.3, 0.4) is 0 Å². The topological polar surface area (TPSA) is 8.17 Å². The van der Waals surface area contributed by atoms with Crippen LogP contribution in [0.1, 0.15) is 43.6 Å². The van der Waals surface area contributed by atoms with Crippen LogP contribution in [0.15, 0.2) is 224 Å². The highest BCUT2D eigenvalue weighted by Crippen LogP contribution is 2.49. The van der Waals surface area contributed by atoms with E-state index in [1.54, 1.807) is 0 Å². The van der Waals surface area contributed by atoms with Gasteiger partial charge in [-0.2, -0.15) is 0 Å². The molecule has 0 atom stereocenters. The molecule has 64 heavy (non-hydrogen) atoms. The summed E-state index contributed by atoms with van der Waals surface area (Å²) in [5.41, 5.74) is 15.8. The molecule has 0 radical (unpaired) electrons. The number of nitrogens with zero attached hydrogens (tertiary/aromatic N) is 2. The highest BCUT2D eigenvalue weighted by molar-refractivity contribution is 6.15. The van der Waals surface area contributed by atoms with Gasteiger partial charge in [0.05, 0.1) is 22.4 Å². The van der Waals surface area contributed by atoms with Gasteiger partial charge >= 0.3 is 0 Å². The number of rotatable bonds is 8. The van der Waals surface area contributed by atoms with Gasteiger partial charge in [-0.25, -0.2) is 0 Å². The molecule has 1 fully saturated rings. The molecule has 0 aliphatic heterocycles. The Kier molecular flexibility index (Phi) is 9.64. The summed E-state index contributed by atoms with van der Waals surface area (Å²) in [4.78, 5) is 2.52. The maximum absolute atomic E-state index is 2.52. The van der Waals surface area contributed by atoms with Gasteiger partial charge in [0.15, 0.2) is 0 Å². The van der Waals surface area contributed by atoms with Crippen LogP contribution in [-0.2, 0) is 0 Å². The molecule has 11 aromatic rings. The first-order valence-electron chi connectivity index (χ1n) is 23.0. The van der Waals surface area contributed by atoms with Gasteiger partial charge in [-0.15, -0.1) is 0 Å². The number of anilines is 3. The zero-order valence-corrected chi connectivity index (χ0v) is 35.9. The predicted octanol–water partition coefficient (Wildman–Crippen LogP) is 17.6. The maximum atomic E-state index is 2.52. The van der Waals surface area contributed by atoms with Crippen LogP contribution < -0.4 is 4.90 Å². The second-order valence-electron chi connectivity index (χ2n) is 17.5. The molecule has 0 N–H and O–H groups in total. The fourth-order valence-electron chi connectivity index (χ4n) is 10.8. The van der Waals surface area contributed by atoms with Crippen molar-refractivity contribution in [1.29, 1.82) is 0 Å². The lowest BCUT2D eigenvalue weighted by atomic mass is 9.80. The second-order valence-corrected chi connectivity index (χ2v) is 17.5. The van der Waals surface area contributed by atoms with E-state index in [1.165, 1.54) is 114 Å². The van der Waals surface area contributed by atoms with Gasteiger partial charge in [-0.05, 0) is 116 Å². The molecule has 0 saturated heterocycles. The third-order valence-electron chi connectivity index (χ3n) is 13.8. The van der Waals surface area contributed by atoms with E-state index >= 15 is 0 Å². The summed E-state index contributed by atoms with van der Waals surface area (Å²) in [5, 5.41) is 7.71. The quantitative estimate of drug-likeness (QED) is 0.148. The zero-order chi connectivity index (χ0) is 42.4. The third-order valence-corrected chi connectivity index (χ3v) is 13.8. The van der Waals surface area contributed by atoms with Crippen LogP contribution >= 0.6 is 0 Å². The molecule has 1 saturated carbocycles. The van der Waals surface area contributed by atoms with E-state index in [-0.39, 0.29) is 0 Å². The number of hydrogen-bond donors (Lipinski definition) is 0. The van der Waals surface area contributed by atoms with Gasteiger partial charge in [0.2, 0.25) is 0 Å². The molecule has 2 nitrogen and oxygen atoms in total. The molecule has 1 aliphatic rings. The average Bonchev–Trinajstić information content (AvgIpc) is 3.72. The molecule has 0 spiro atoms. The van der Waals surface area contributed by atoms with E-state index in [2.05, 4.69) is 234 Å². The molecular formula is C62H48N2. The Bertz CT molecular complexity index is 3450. The molecule has 0 bridgehead atoms. The van der Waals surface area contributed by atoms with Crippen LogP contribution in [-0.4, -0.2) is 4.57 Å². The smallest absolute Gasteiger partial charge is 0.0782 e. The van der Waals surface area contributed by atoms with Crippen LogP contribution in [0.25, 0.3) is 82.4 Å². The maximum Gasteiger partial charge on any atom is 0.0782 e. The molecule has 1 aliphatic carbocycles. The predicted molar refractivity (Wildman–Crippen MR) is 273 cm³/mol. The number of benzene rings is 10. The summed E-state index contributed by atoms with van der Waals surface area (Å²) in [5.74, 6) is 0.575. The van der Waals surface area contributed by atoms with Crippen LogP contribution in [0.2, 0.25) is 0 Å². The summed E-state index contributed by atoms with van der Waals surface area (Å²) in [6.07, 6.45) is 6.46. The lowest BCUT2D eigenvalue weighted by Crippen LogP contribution is -2.13.